The number of hydrogen-bond donors (Lipinski definition) is 1. The van der Waals surface area contributed by atoms with E-state index in [0.717, 1.165) is 29.0 Å². The van der Waals surface area contributed by atoms with Gasteiger partial charge in [0.2, 0.25) is 0 Å². The fourth-order valence-electron chi connectivity index (χ4n) is 2.65. The van der Waals surface area contributed by atoms with E-state index < -0.39 is 0 Å². The lowest BCUT2D eigenvalue weighted by Crippen LogP contribution is -2.31. The first-order valence-corrected chi connectivity index (χ1v) is 6.50. The third-order valence-corrected chi connectivity index (χ3v) is 4.20. The second-order valence-electron chi connectivity index (χ2n) is 4.48. The van der Waals surface area contributed by atoms with Crippen LogP contribution in [0.2, 0.25) is 0 Å². The maximum atomic E-state index is 6.04. The summed E-state index contributed by atoms with van der Waals surface area (Å²) in [4.78, 5) is 0. The van der Waals surface area contributed by atoms with Gasteiger partial charge >= 0.3 is 0 Å². The molecule has 3 atom stereocenters. The molecule has 0 saturated heterocycles. The quantitative estimate of drug-likeness (QED) is 0.892. The van der Waals surface area contributed by atoms with Crippen molar-refractivity contribution in [3.8, 4) is 0 Å². The van der Waals surface area contributed by atoms with Gasteiger partial charge in [-0.3, -0.25) is 0 Å². The van der Waals surface area contributed by atoms with Gasteiger partial charge in [0.1, 0.15) is 5.76 Å². The van der Waals surface area contributed by atoms with E-state index in [2.05, 4.69) is 22.9 Å². The van der Waals surface area contributed by atoms with Crippen molar-refractivity contribution >= 4 is 15.9 Å². The molecule has 1 saturated carbocycles. The van der Waals surface area contributed by atoms with Gasteiger partial charge in [-0.1, -0.05) is 13.3 Å². The molecule has 15 heavy (non-hydrogen) atoms. The van der Waals surface area contributed by atoms with Crippen molar-refractivity contribution in [1.82, 2.24) is 0 Å². The van der Waals surface area contributed by atoms with E-state index in [-0.39, 0.29) is 0 Å². The van der Waals surface area contributed by atoms with Gasteiger partial charge in [0.25, 0.3) is 0 Å². The van der Waals surface area contributed by atoms with Crippen molar-refractivity contribution in [1.29, 1.82) is 0 Å². The van der Waals surface area contributed by atoms with Crippen molar-refractivity contribution in [2.24, 2.45) is 11.7 Å². The van der Waals surface area contributed by atoms with Gasteiger partial charge in [-0.05, 0) is 47.2 Å². The first-order valence-electron chi connectivity index (χ1n) is 5.70. The molecule has 0 spiro atoms. The van der Waals surface area contributed by atoms with Crippen molar-refractivity contribution in [3.05, 3.63) is 22.6 Å². The Kier molecular flexibility index (Phi) is 3.52. The summed E-state index contributed by atoms with van der Waals surface area (Å²) in [6.45, 7) is 2.26. The molecule has 0 radical (unpaired) electrons. The second kappa shape index (κ2) is 4.71. The number of halogens is 1. The molecule has 3 heteroatoms. The maximum Gasteiger partial charge on any atom is 0.121 e. The van der Waals surface area contributed by atoms with Crippen LogP contribution in [0.5, 0.6) is 0 Å². The Morgan fingerprint density at radius 2 is 2.33 bits per heavy atom. The van der Waals surface area contributed by atoms with Crippen molar-refractivity contribution in [2.75, 3.05) is 0 Å². The van der Waals surface area contributed by atoms with Crippen LogP contribution in [-0.2, 0) is 0 Å². The monoisotopic (exact) mass is 271 g/mol. The molecule has 84 valence electrons. The number of furan rings is 1. The Morgan fingerprint density at radius 1 is 1.53 bits per heavy atom. The Morgan fingerprint density at radius 3 is 2.93 bits per heavy atom. The molecule has 2 nitrogen and oxygen atoms in total. The molecule has 2 N–H and O–H groups in total. The highest BCUT2D eigenvalue weighted by Gasteiger charge is 2.31. The summed E-state index contributed by atoms with van der Waals surface area (Å²) in [7, 11) is 0. The average molecular weight is 272 g/mol. The van der Waals surface area contributed by atoms with E-state index in [4.69, 9.17) is 10.2 Å². The summed E-state index contributed by atoms with van der Waals surface area (Å²) in [5.41, 5.74) is 6.04. The molecule has 1 fully saturated rings. The van der Waals surface area contributed by atoms with E-state index in [1.54, 1.807) is 6.26 Å². The molecule has 0 aromatic carbocycles. The van der Waals surface area contributed by atoms with Crippen LogP contribution in [0.25, 0.3) is 0 Å². The van der Waals surface area contributed by atoms with Crippen LogP contribution in [0, 0.1) is 5.92 Å². The molecule has 1 aromatic heterocycles. The topological polar surface area (TPSA) is 39.2 Å². The van der Waals surface area contributed by atoms with Crippen molar-refractivity contribution in [3.63, 3.8) is 0 Å². The SMILES string of the molecule is CCC1CCC(N)CC1c1occc1Br. The van der Waals surface area contributed by atoms with Gasteiger partial charge in [-0.25, -0.2) is 0 Å². The summed E-state index contributed by atoms with van der Waals surface area (Å²) in [5.74, 6) is 2.33. The van der Waals surface area contributed by atoms with Crippen LogP contribution in [-0.4, -0.2) is 6.04 Å². The van der Waals surface area contributed by atoms with Crippen LogP contribution in [0.1, 0.15) is 44.3 Å². The summed E-state index contributed by atoms with van der Waals surface area (Å²) in [6.07, 6.45) is 6.42. The predicted octanol–water partition coefficient (Wildman–Crippen LogP) is 3.66. The average Bonchev–Trinajstić information content (AvgIpc) is 2.64. The van der Waals surface area contributed by atoms with Crippen molar-refractivity contribution < 1.29 is 4.42 Å². The minimum Gasteiger partial charge on any atom is -0.468 e. The first kappa shape index (κ1) is 11.2. The molecular weight excluding hydrogens is 254 g/mol. The van der Waals surface area contributed by atoms with E-state index >= 15 is 0 Å². The van der Waals surface area contributed by atoms with E-state index in [1.807, 2.05) is 6.07 Å². The lowest BCUT2D eigenvalue weighted by atomic mass is 9.75. The third kappa shape index (κ3) is 2.28. The highest BCUT2D eigenvalue weighted by atomic mass is 79.9. The van der Waals surface area contributed by atoms with Crippen LogP contribution >= 0.6 is 15.9 Å². The van der Waals surface area contributed by atoms with Gasteiger partial charge in [0.15, 0.2) is 0 Å². The normalized spacial score (nSPS) is 31.8. The third-order valence-electron chi connectivity index (χ3n) is 3.54. The minimum atomic E-state index is 0.342. The molecule has 2 rings (SSSR count). The minimum absolute atomic E-state index is 0.342. The highest BCUT2D eigenvalue weighted by molar-refractivity contribution is 9.10. The number of hydrogen-bond acceptors (Lipinski definition) is 2. The van der Waals surface area contributed by atoms with Gasteiger partial charge < -0.3 is 10.2 Å². The Bertz CT molecular complexity index is 323. The number of rotatable bonds is 2. The molecular formula is C12H18BrNO. The summed E-state index contributed by atoms with van der Waals surface area (Å²) in [6, 6.07) is 2.32. The Balaban J connectivity index is 2.20. The first-order chi connectivity index (χ1) is 7.22. The van der Waals surface area contributed by atoms with Gasteiger partial charge in [0.05, 0.1) is 10.7 Å². The van der Waals surface area contributed by atoms with Crippen LogP contribution < -0.4 is 5.73 Å². The van der Waals surface area contributed by atoms with Gasteiger partial charge in [-0.15, -0.1) is 0 Å². The highest BCUT2D eigenvalue weighted by Crippen LogP contribution is 2.41. The molecule has 0 bridgehead atoms. The molecule has 0 aliphatic heterocycles. The Labute approximate surface area is 99.3 Å². The summed E-state index contributed by atoms with van der Waals surface area (Å²) < 4.78 is 6.68. The van der Waals surface area contributed by atoms with Crippen molar-refractivity contribution in [2.45, 2.75) is 44.6 Å². The predicted molar refractivity (Wildman–Crippen MR) is 64.8 cm³/mol. The zero-order chi connectivity index (χ0) is 10.8. The molecule has 0 amide bonds. The maximum absolute atomic E-state index is 6.04. The zero-order valence-electron chi connectivity index (χ0n) is 9.08. The van der Waals surface area contributed by atoms with Gasteiger partial charge in [-0.2, -0.15) is 0 Å². The molecule has 1 heterocycles. The van der Waals surface area contributed by atoms with Gasteiger partial charge in [0, 0.05) is 12.0 Å². The lowest BCUT2D eigenvalue weighted by Gasteiger charge is -2.33. The van der Waals surface area contributed by atoms with Crippen LogP contribution in [0.3, 0.4) is 0 Å². The van der Waals surface area contributed by atoms with E-state index in [0.29, 0.717) is 12.0 Å². The Hall–Kier alpha value is -0.280. The zero-order valence-corrected chi connectivity index (χ0v) is 10.7. The number of nitrogens with two attached hydrogens (primary N) is 1. The largest absolute Gasteiger partial charge is 0.468 e. The van der Waals surface area contributed by atoms with E-state index in [1.165, 1.54) is 12.8 Å². The van der Waals surface area contributed by atoms with E-state index in [9.17, 15) is 0 Å². The molecule has 1 aromatic rings. The fraction of sp³-hybridized carbons (Fsp3) is 0.667. The summed E-state index contributed by atoms with van der Waals surface area (Å²) >= 11 is 3.54. The lowest BCUT2D eigenvalue weighted by molar-refractivity contribution is 0.244. The molecule has 1 aliphatic carbocycles. The summed E-state index contributed by atoms with van der Waals surface area (Å²) in [5, 5.41) is 0. The molecule has 3 unspecified atom stereocenters. The molecule has 1 aliphatic rings. The second-order valence-corrected chi connectivity index (χ2v) is 5.34. The van der Waals surface area contributed by atoms with Crippen LogP contribution in [0.15, 0.2) is 21.2 Å². The smallest absolute Gasteiger partial charge is 0.121 e. The van der Waals surface area contributed by atoms with Crippen LogP contribution in [0.4, 0.5) is 0 Å². The fourth-order valence-corrected chi connectivity index (χ4v) is 3.14. The standard InChI is InChI=1S/C12H18BrNO/c1-2-8-3-4-9(14)7-10(8)12-11(13)5-6-15-12/h5-6,8-10H,2-4,7,14H2,1H3.